The Balaban J connectivity index is 2.67. The third kappa shape index (κ3) is 3.56. The third-order valence-corrected chi connectivity index (χ3v) is 2.83. The number of rotatable bonds is 6. The van der Waals surface area contributed by atoms with Crippen molar-refractivity contribution in [1.82, 2.24) is 10.3 Å². The molecular formula is C12H21N3O2. The van der Waals surface area contributed by atoms with Gasteiger partial charge >= 0.3 is 0 Å². The van der Waals surface area contributed by atoms with Gasteiger partial charge in [0.1, 0.15) is 6.26 Å². The summed E-state index contributed by atoms with van der Waals surface area (Å²) in [5.41, 5.74) is 6.27. The lowest BCUT2D eigenvalue weighted by molar-refractivity contribution is 0.0948. The Morgan fingerprint density at radius 3 is 2.88 bits per heavy atom. The van der Waals surface area contributed by atoms with Gasteiger partial charge in [-0.1, -0.05) is 27.2 Å². The normalized spacial score (nSPS) is 14.4. The van der Waals surface area contributed by atoms with Gasteiger partial charge in [0.2, 0.25) is 5.89 Å². The number of hydrogen-bond donors (Lipinski definition) is 2. The Labute approximate surface area is 102 Å². The van der Waals surface area contributed by atoms with Crippen molar-refractivity contribution in [2.75, 3.05) is 6.54 Å². The van der Waals surface area contributed by atoms with Crippen LogP contribution in [0.15, 0.2) is 10.7 Å². The van der Waals surface area contributed by atoms with E-state index in [-0.39, 0.29) is 17.9 Å². The smallest absolute Gasteiger partial charge is 0.273 e. The number of nitrogens with zero attached hydrogens (tertiary/aromatic N) is 1. The van der Waals surface area contributed by atoms with Gasteiger partial charge in [0, 0.05) is 6.54 Å². The van der Waals surface area contributed by atoms with Crippen molar-refractivity contribution in [3.63, 3.8) is 0 Å². The topological polar surface area (TPSA) is 81.2 Å². The summed E-state index contributed by atoms with van der Waals surface area (Å²) in [7, 11) is 0. The molecule has 3 N–H and O–H groups in total. The highest BCUT2D eigenvalue weighted by molar-refractivity contribution is 5.91. The molecule has 2 atom stereocenters. The van der Waals surface area contributed by atoms with E-state index in [2.05, 4.69) is 17.2 Å². The molecule has 0 radical (unpaired) electrons. The summed E-state index contributed by atoms with van der Waals surface area (Å²) in [5, 5.41) is 2.74. The van der Waals surface area contributed by atoms with Crippen LogP contribution in [0.25, 0.3) is 0 Å². The molecule has 1 amide bonds. The molecule has 0 saturated heterocycles. The van der Waals surface area contributed by atoms with Crippen molar-refractivity contribution in [1.29, 1.82) is 0 Å². The summed E-state index contributed by atoms with van der Waals surface area (Å²) in [5.74, 6) is 0.499. The third-order valence-electron chi connectivity index (χ3n) is 2.83. The number of nitrogens with two attached hydrogens (primary N) is 1. The first-order valence-corrected chi connectivity index (χ1v) is 6.09. The van der Waals surface area contributed by atoms with Gasteiger partial charge in [0.15, 0.2) is 5.69 Å². The standard InChI is InChI=1S/C12H21N3O2/c1-4-6-14-11(16)9-7-17-12(15-9)10(13)8(3)5-2/h7-8,10H,4-6,13H2,1-3H3,(H,14,16). The number of aromatic nitrogens is 1. The number of amides is 1. The molecule has 0 fully saturated rings. The van der Waals surface area contributed by atoms with E-state index in [0.29, 0.717) is 18.1 Å². The van der Waals surface area contributed by atoms with E-state index in [0.717, 1.165) is 12.8 Å². The maximum atomic E-state index is 11.6. The number of carbonyl (C=O) groups is 1. The zero-order valence-electron chi connectivity index (χ0n) is 10.7. The number of hydrogen-bond acceptors (Lipinski definition) is 4. The van der Waals surface area contributed by atoms with Crippen LogP contribution in [-0.2, 0) is 0 Å². The molecule has 0 bridgehead atoms. The molecule has 1 heterocycles. The molecule has 96 valence electrons. The fourth-order valence-corrected chi connectivity index (χ4v) is 1.37. The largest absolute Gasteiger partial charge is 0.446 e. The minimum absolute atomic E-state index is 0.210. The van der Waals surface area contributed by atoms with Gasteiger partial charge in [-0.3, -0.25) is 4.79 Å². The number of nitrogens with one attached hydrogen (secondary N) is 1. The molecule has 1 aromatic heterocycles. The van der Waals surface area contributed by atoms with Crippen LogP contribution in [0.5, 0.6) is 0 Å². The quantitative estimate of drug-likeness (QED) is 0.794. The lowest BCUT2D eigenvalue weighted by Crippen LogP contribution is -2.25. The van der Waals surface area contributed by atoms with E-state index in [9.17, 15) is 4.79 Å². The van der Waals surface area contributed by atoms with Gasteiger partial charge in [0.05, 0.1) is 6.04 Å². The summed E-state index contributed by atoms with van der Waals surface area (Å²) in [6.45, 7) is 6.72. The lowest BCUT2D eigenvalue weighted by Gasteiger charge is -2.13. The summed E-state index contributed by atoms with van der Waals surface area (Å²) in [6.07, 6.45) is 3.20. The van der Waals surface area contributed by atoms with E-state index >= 15 is 0 Å². The van der Waals surface area contributed by atoms with Crippen LogP contribution in [0, 0.1) is 5.92 Å². The molecule has 5 heteroatoms. The van der Waals surface area contributed by atoms with Crippen LogP contribution >= 0.6 is 0 Å². The molecular weight excluding hydrogens is 218 g/mol. The maximum Gasteiger partial charge on any atom is 0.273 e. The SMILES string of the molecule is CCCNC(=O)c1coc(C(N)C(C)CC)n1. The lowest BCUT2D eigenvalue weighted by atomic mass is 10.0. The molecule has 0 saturated carbocycles. The second-order valence-electron chi connectivity index (χ2n) is 4.24. The van der Waals surface area contributed by atoms with E-state index in [1.165, 1.54) is 6.26 Å². The average Bonchev–Trinajstić information content (AvgIpc) is 2.83. The van der Waals surface area contributed by atoms with Gasteiger partial charge in [-0.15, -0.1) is 0 Å². The van der Waals surface area contributed by atoms with Crippen molar-refractivity contribution in [3.8, 4) is 0 Å². The van der Waals surface area contributed by atoms with Gasteiger partial charge in [-0.25, -0.2) is 4.98 Å². The van der Waals surface area contributed by atoms with E-state index < -0.39 is 0 Å². The Kier molecular flexibility index (Phi) is 5.15. The van der Waals surface area contributed by atoms with Crippen molar-refractivity contribution < 1.29 is 9.21 Å². The average molecular weight is 239 g/mol. The number of carbonyl (C=O) groups excluding carboxylic acids is 1. The van der Waals surface area contributed by atoms with Crippen LogP contribution in [0.1, 0.15) is 56.0 Å². The highest BCUT2D eigenvalue weighted by atomic mass is 16.3. The predicted molar refractivity (Wildman–Crippen MR) is 65.5 cm³/mol. The summed E-state index contributed by atoms with van der Waals surface area (Å²) in [6, 6.07) is -0.257. The Morgan fingerprint density at radius 2 is 2.29 bits per heavy atom. The Hall–Kier alpha value is -1.36. The van der Waals surface area contributed by atoms with Gasteiger partial charge in [-0.2, -0.15) is 0 Å². The van der Waals surface area contributed by atoms with E-state index in [1.807, 2.05) is 13.8 Å². The minimum atomic E-state index is -0.257. The van der Waals surface area contributed by atoms with Crippen molar-refractivity contribution in [2.24, 2.45) is 11.7 Å². The summed E-state index contributed by atoms with van der Waals surface area (Å²) >= 11 is 0. The first-order valence-electron chi connectivity index (χ1n) is 6.09. The second-order valence-corrected chi connectivity index (χ2v) is 4.24. The molecule has 0 aromatic carbocycles. The number of oxazole rings is 1. The van der Waals surface area contributed by atoms with Crippen molar-refractivity contribution in [2.45, 2.75) is 39.7 Å². The molecule has 2 unspecified atom stereocenters. The zero-order valence-corrected chi connectivity index (χ0v) is 10.7. The predicted octanol–water partition coefficient (Wildman–Crippen LogP) is 1.86. The van der Waals surface area contributed by atoms with Crippen LogP contribution in [0.2, 0.25) is 0 Å². The first kappa shape index (κ1) is 13.7. The molecule has 5 nitrogen and oxygen atoms in total. The Morgan fingerprint density at radius 1 is 1.59 bits per heavy atom. The van der Waals surface area contributed by atoms with Crippen LogP contribution < -0.4 is 11.1 Å². The van der Waals surface area contributed by atoms with E-state index in [1.54, 1.807) is 0 Å². The van der Waals surface area contributed by atoms with Gasteiger partial charge < -0.3 is 15.5 Å². The van der Waals surface area contributed by atoms with Crippen molar-refractivity contribution in [3.05, 3.63) is 17.8 Å². The molecule has 17 heavy (non-hydrogen) atoms. The van der Waals surface area contributed by atoms with E-state index in [4.69, 9.17) is 10.2 Å². The van der Waals surface area contributed by atoms with Gasteiger partial charge in [0.25, 0.3) is 5.91 Å². The summed E-state index contributed by atoms with van der Waals surface area (Å²) < 4.78 is 5.25. The first-order chi connectivity index (χ1) is 8.10. The fourth-order valence-electron chi connectivity index (χ4n) is 1.37. The van der Waals surface area contributed by atoms with Crippen LogP contribution in [-0.4, -0.2) is 17.4 Å². The highest BCUT2D eigenvalue weighted by Gasteiger charge is 2.20. The molecule has 1 rings (SSSR count). The van der Waals surface area contributed by atoms with Crippen LogP contribution in [0.4, 0.5) is 0 Å². The molecule has 1 aromatic rings. The molecule has 0 aliphatic carbocycles. The molecule has 0 aliphatic rings. The highest BCUT2D eigenvalue weighted by Crippen LogP contribution is 2.20. The monoisotopic (exact) mass is 239 g/mol. The zero-order chi connectivity index (χ0) is 12.8. The molecule has 0 spiro atoms. The van der Waals surface area contributed by atoms with Gasteiger partial charge in [-0.05, 0) is 12.3 Å². The van der Waals surface area contributed by atoms with Crippen molar-refractivity contribution >= 4 is 5.91 Å². The second kappa shape index (κ2) is 6.39. The maximum absolute atomic E-state index is 11.6. The van der Waals surface area contributed by atoms with Crippen LogP contribution in [0.3, 0.4) is 0 Å². The minimum Gasteiger partial charge on any atom is -0.446 e. The summed E-state index contributed by atoms with van der Waals surface area (Å²) in [4.78, 5) is 15.7. The Bertz CT molecular complexity index is 362. The fraction of sp³-hybridized carbons (Fsp3) is 0.667. The molecule has 0 aliphatic heterocycles.